The summed E-state index contributed by atoms with van der Waals surface area (Å²) in [6.07, 6.45) is 7.00. The zero-order valence-electron chi connectivity index (χ0n) is 13.1. The summed E-state index contributed by atoms with van der Waals surface area (Å²) in [6, 6.07) is 0. The monoisotopic (exact) mass is 352 g/mol. The van der Waals surface area contributed by atoms with Crippen LogP contribution in [0.2, 0.25) is 0 Å². The van der Waals surface area contributed by atoms with Gasteiger partial charge in [-0.15, -0.1) is 0 Å². The molecule has 1 N–H and O–H groups in total. The minimum absolute atomic E-state index is 0.189. The Morgan fingerprint density at radius 3 is 2.22 bits per heavy atom. The molecule has 23 heavy (non-hydrogen) atoms. The SMILES string of the molecule is CCC12CC3CC(C1)CC(COC(=O)C(F)(F)S(=O)(=O)O)(C3)C2. The average molecular weight is 352 g/mol. The van der Waals surface area contributed by atoms with E-state index in [1.54, 1.807) is 0 Å². The Labute approximate surface area is 134 Å². The lowest BCUT2D eigenvalue weighted by Gasteiger charge is -2.62. The molecule has 0 radical (unpaired) electrons. The number of hydrogen-bond acceptors (Lipinski definition) is 4. The van der Waals surface area contributed by atoms with Crippen molar-refractivity contribution in [3.8, 4) is 0 Å². The molecule has 0 saturated heterocycles. The van der Waals surface area contributed by atoms with Crippen LogP contribution < -0.4 is 0 Å². The molecule has 4 aliphatic rings. The van der Waals surface area contributed by atoms with Crippen molar-refractivity contribution in [1.82, 2.24) is 0 Å². The van der Waals surface area contributed by atoms with Gasteiger partial charge in [0, 0.05) is 5.41 Å². The quantitative estimate of drug-likeness (QED) is 0.608. The van der Waals surface area contributed by atoms with Crippen molar-refractivity contribution in [3.63, 3.8) is 0 Å². The molecular formula is C15H22F2O5S. The van der Waals surface area contributed by atoms with E-state index in [2.05, 4.69) is 11.7 Å². The zero-order valence-corrected chi connectivity index (χ0v) is 13.9. The maximum atomic E-state index is 13.3. The van der Waals surface area contributed by atoms with Crippen LogP contribution in [0.4, 0.5) is 8.78 Å². The van der Waals surface area contributed by atoms with E-state index in [0.717, 1.165) is 44.9 Å². The van der Waals surface area contributed by atoms with Crippen LogP contribution in [0.15, 0.2) is 0 Å². The number of carbonyl (C=O) groups excluding carboxylic acids is 1. The molecule has 4 saturated carbocycles. The fraction of sp³-hybridized carbons (Fsp3) is 0.933. The van der Waals surface area contributed by atoms with E-state index in [1.807, 2.05) is 0 Å². The van der Waals surface area contributed by atoms with E-state index in [1.165, 1.54) is 0 Å². The van der Waals surface area contributed by atoms with Gasteiger partial charge in [-0.3, -0.25) is 4.55 Å². The summed E-state index contributed by atoms with van der Waals surface area (Å²) in [7, 11) is -5.80. The number of rotatable bonds is 5. The highest BCUT2D eigenvalue weighted by atomic mass is 32.2. The summed E-state index contributed by atoms with van der Waals surface area (Å²) in [6.45, 7) is 1.95. The van der Waals surface area contributed by atoms with Gasteiger partial charge in [0.25, 0.3) is 0 Å². The molecule has 0 aromatic rings. The molecule has 0 aliphatic heterocycles. The van der Waals surface area contributed by atoms with Gasteiger partial charge in [-0.1, -0.05) is 13.3 Å². The van der Waals surface area contributed by atoms with Crippen LogP contribution in [0, 0.1) is 22.7 Å². The zero-order chi connectivity index (χ0) is 17.1. The van der Waals surface area contributed by atoms with Crippen LogP contribution in [0.1, 0.15) is 51.9 Å². The van der Waals surface area contributed by atoms with E-state index >= 15 is 0 Å². The van der Waals surface area contributed by atoms with Gasteiger partial charge in [-0.2, -0.15) is 17.2 Å². The van der Waals surface area contributed by atoms with Gasteiger partial charge in [0.2, 0.25) is 0 Å². The summed E-state index contributed by atoms with van der Waals surface area (Å²) in [5.74, 6) is -1.10. The minimum Gasteiger partial charge on any atom is -0.460 e. The first-order valence-electron chi connectivity index (χ1n) is 8.03. The van der Waals surface area contributed by atoms with Gasteiger partial charge in [-0.25, -0.2) is 4.79 Å². The summed E-state index contributed by atoms with van der Waals surface area (Å²) in [4.78, 5) is 11.4. The van der Waals surface area contributed by atoms with Crippen molar-refractivity contribution < 1.29 is 31.3 Å². The van der Waals surface area contributed by atoms with Gasteiger partial charge in [-0.05, 0) is 55.8 Å². The summed E-state index contributed by atoms with van der Waals surface area (Å²) in [5, 5.41) is -4.91. The van der Waals surface area contributed by atoms with E-state index in [-0.39, 0.29) is 17.4 Å². The van der Waals surface area contributed by atoms with Crippen LogP contribution in [0.3, 0.4) is 0 Å². The second-order valence-electron chi connectivity index (χ2n) is 7.88. The van der Waals surface area contributed by atoms with E-state index < -0.39 is 21.3 Å². The van der Waals surface area contributed by atoms with E-state index in [4.69, 9.17) is 4.55 Å². The Hall–Kier alpha value is -0.760. The van der Waals surface area contributed by atoms with Crippen LogP contribution in [-0.2, 0) is 19.6 Å². The molecule has 4 rings (SSSR count). The largest absolute Gasteiger partial charge is 0.465 e. The molecule has 5 nitrogen and oxygen atoms in total. The van der Waals surface area contributed by atoms with Crippen LogP contribution >= 0.6 is 0 Å². The molecular weight excluding hydrogens is 330 g/mol. The van der Waals surface area contributed by atoms with Gasteiger partial charge in [0.15, 0.2) is 0 Å². The van der Waals surface area contributed by atoms with Crippen molar-refractivity contribution in [2.24, 2.45) is 22.7 Å². The van der Waals surface area contributed by atoms with E-state index in [0.29, 0.717) is 11.8 Å². The number of alkyl halides is 2. The Bertz CT molecular complexity index is 601. The highest BCUT2D eigenvalue weighted by molar-refractivity contribution is 7.87. The van der Waals surface area contributed by atoms with Gasteiger partial charge in [0.05, 0.1) is 6.61 Å². The maximum Gasteiger partial charge on any atom is 0.465 e. The van der Waals surface area contributed by atoms with Crippen molar-refractivity contribution >= 4 is 16.1 Å². The third kappa shape index (κ3) is 2.77. The molecule has 0 heterocycles. The highest BCUT2D eigenvalue weighted by Gasteiger charge is 2.59. The van der Waals surface area contributed by atoms with Crippen molar-refractivity contribution in [3.05, 3.63) is 0 Å². The van der Waals surface area contributed by atoms with Crippen LogP contribution in [-0.4, -0.2) is 30.8 Å². The number of esters is 1. The Morgan fingerprint density at radius 2 is 1.74 bits per heavy atom. The lowest BCUT2D eigenvalue weighted by molar-refractivity contribution is -0.178. The fourth-order valence-electron chi connectivity index (χ4n) is 5.64. The molecule has 0 aromatic carbocycles. The second kappa shape index (κ2) is 5.12. The lowest BCUT2D eigenvalue weighted by Crippen LogP contribution is -2.54. The molecule has 0 aromatic heterocycles. The summed E-state index contributed by atoms with van der Waals surface area (Å²) < 4.78 is 61.0. The predicted molar refractivity (Wildman–Crippen MR) is 77.3 cm³/mol. The highest BCUT2D eigenvalue weighted by Crippen LogP contribution is 2.66. The van der Waals surface area contributed by atoms with Crippen molar-refractivity contribution in [2.75, 3.05) is 6.61 Å². The minimum atomic E-state index is -5.80. The molecule has 8 heteroatoms. The number of carbonyl (C=O) groups is 1. The molecule has 4 aliphatic carbocycles. The van der Waals surface area contributed by atoms with Crippen LogP contribution in [0.5, 0.6) is 0 Å². The average Bonchev–Trinajstić information content (AvgIpc) is 2.42. The number of halogens is 2. The Morgan fingerprint density at radius 1 is 1.22 bits per heavy atom. The number of ether oxygens (including phenoxy) is 1. The molecule has 2 atom stereocenters. The first-order valence-corrected chi connectivity index (χ1v) is 9.47. The fourth-order valence-corrected chi connectivity index (χ4v) is 5.91. The topological polar surface area (TPSA) is 80.7 Å². The van der Waals surface area contributed by atoms with Gasteiger partial charge in [0.1, 0.15) is 0 Å². The molecule has 0 amide bonds. The Balaban J connectivity index is 1.72. The molecule has 4 bridgehead atoms. The van der Waals surface area contributed by atoms with Crippen molar-refractivity contribution in [2.45, 2.75) is 57.1 Å². The maximum absolute atomic E-state index is 13.3. The molecule has 132 valence electrons. The molecule has 4 fully saturated rings. The Kier molecular flexibility index (Phi) is 3.80. The van der Waals surface area contributed by atoms with Gasteiger partial charge < -0.3 is 4.74 Å². The van der Waals surface area contributed by atoms with Gasteiger partial charge >= 0.3 is 21.3 Å². The smallest absolute Gasteiger partial charge is 0.460 e. The first kappa shape index (κ1) is 17.1. The number of hydrogen-bond donors (Lipinski definition) is 1. The normalized spacial score (nSPS) is 39.5. The standard InChI is InChI=1S/C15H22F2O5S/c1-2-13-4-10-3-11(5-13)7-14(6-10,8-13)9-22-12(18)15(16,17)23(19,20)21/h10-11H,2-9H2,1H3,(H,19,20,21). The molecule has 2 unspecified atom stereocenters. The summed E-state index contributed by atoms with van der Waals surface area (Å²) in [5.41, 5.74) is -0.104. The summed E-state index contributed by atoms with van der Waals surface area (Å²) >= 11 is 0. The van der Waals surface area contributed by atoms with Crippen molar-refractivity contribution in [1.29, 1.82) is 0 Å². The molecule has 0 spiro atoms. The first-order chi connectivity index (χ1) is 10.5. The third-order valence-corrected chi connectivity index (χ3v) is 6.94. The van der Waals surface area contributed by atoms with E-state index in [9.17, 15) is 22.0 Å². The predicted octanol–water partition coefficient (Wildman–Crippen LogP) is 3.01. The third-order valence-electron chi connectivity index (χ3n) is 6.12. The second-order valence-corrected chi connectivity index (χ2v) is 9.35. The van der Waals surface area contributed by atoms with Crippen LogP contribution in [0.25, 0.3) is 0 Å². The lowest BCUT2D eigenvalue weighted by atomic mass is 9.44.